The summed E-state index contributed by atoms with van der Waals surface area (Å²) in [5.41, 5.74) is 7.84. The largest absolute Gasteiger partial charge is 0.399 e. The fraction of sp³-hybridized carbons (Fsp3) is 0.538. The smallest absolute Gasteiger partial charge is 0.0370 e. The van der Waals surface area contributed by atoms with Crippen molar-refractivity contribution in [2.24, 2.45) is 5.92 Å². The summed E-state index contributed by atoms with van der Waals surface area (Å²) < 4.78 is 0. The first kappa shape index (κ1) is 10.3. The standard InChI is InChI=1S/C13H20N2/c1-10(2)15(9-11-3-4-11)13-7-5-12(14)6-8-13/h5-8,10-11H,3-4,9,14H2,1-2H3. The quantitative estimate of drug-likeness (QED) is 0.764. The molecule has 0 amide bonds. The molecule has 0 radical (unpaired) electrons. The van der Waals surface area contributed by atoms with Crippen molar-refractivity contribution in [3.05, 3.63) is 24.3 Å². The molecule has 0 aromatic heterocycles. The number of hydrogen-bond donors (Lipinski definition) is 1. The lowest BCUT2D eigenvalue weighted by Gasteiger charge is -2.29. The summed E-state index contributed by atoms with van der Waals surface area (Å²) in [6.45, 7) is 5.69. The lowest BCUT2D eigenvalue weighted by atomic mass is 10.2. The number of hydrogen-bond acceptors (Lipinski definition) is 2. The summed E-state index contributed by atoms with van der Waals surface area (Å²) in [6.07, 6.45) is 2.80. The van der Waals surface area contributed by atoms with E-state index in [9.17, 15) is 0 Å². The van der Waals surface area contributed by atoms with Gasteiger partial charge in [-0.2, -0.15) is 0 Å². The number of benzene rings is 1. The molecule has 2 nitrogen and oxygen atoms in total. The van der Waals surface area contributed by atoms with Gasteiger partial charge in [-0.3, -0.25) is 0 Å². The maximum atomic E-state index is 5.70. The Kier molecular flexibility index (Phi) is 2.85. The Morgan fingerprint density at radius 3 is 2.33 bits per heavy atom. The number of nitrogens with zero attached hydrogens (tertiary/aromatic N) is 1. The summed E-state index contributed by atoms with van der Waals surface area (Å²) in [6, 6.07) is 8.78. The molecule has 0 spiro atoms. The molecule has 0 atom stereocenters. The van der Waals surface area contributed by atoms with Crippen LogP contribution in [0, 0.1) is 5.92 Å². The summed E-state index contributed by atoms with van der Waals surface area (Å²) >= 11 is 0. The maximum absolute atomic E-state index is 5.70. The van der Waals surface area contributed by atoms with E-state index in [0.717, 1.165) is 11.6 Å². The Balaban J connectivity index is 2.11. The van der Waals surface area contributed by atoms with Crippen molar-refractivity contribution in [2.75, 3.05) is 17.2 Å². The molecule has 1 aliphatic carbocycles. The molecule has 1 saturated carbocycles. The van der Waals surface area contributed by atoms with Gasteiger partial charge < -0.3 is 10.6 Å². The predicted molar refractivity (Wildman–Crippen MR) is 66.1 cm³/mol. The Labute approximate surface area is 92.1 Å². The third-order valence-electron chi connectivity index (χ3n) is 3.00. The highest BCUT2D eigenvalue weighted by atomic mass is 15.2. The van der Waals surface area contributed by atoms with Crippen molar-refractivity contribution in [3.8, 4) is 0 Å². The summed E-state index contributed by atoms with van der Waals surface area (Å²) in [4.78, 5) is 2.47. The monoisotopic (exact) mass is 204 g/mol. The average molecular weight is 204 g/mol. The third kappa shape index (κ3) is 2.65. The van der Waals surface area contributed by atoms with Gasteiger partial charge in [0.2, 0.25) is 0 Å². The van der Waals surface area contributed by atoms with Gasteiger partial charge in [-0.05, 0) is 56.9 Å². The highest BCUT2D eigenvalue weighted by molar-refractivity contribution is 5.53. The van der Waals surface area contributed by atoms with Crippen LogP contribution in [0.1, 0.15) is 26.7 Å². The van der Waals surface area contributed by atoms with E-state index in [1.54, 1.807) is 0 Å². The SMILES string of the molecule is CC(C)N(CC1CC1)c1ccc(N)cc1. The fourth-order valence-electron chi connectivity index (χ4n) is 1.86. The zero-order valence-corrected chi connectivity index (χ0v) is 9.61. The molecule has 1 aliphatic rings. The first-order valence-corrected chi connectivity index (χ1v) is 5.79. The molecule has 2 rings (SSSR count). The van der Waals surface area contributed by atoms with Crippen molar-refractivity contribution in [1.29, 1.82) is 0 Å². The third-order valence-corrected chi connectivity index (χ3v) is 3.00. The van der Waals surface area contributed by atoms with Gasteiger partial charge in [-0.1, -0.05) is 0 Å². The van der Waals surface area contributed by atoms with Crippen molar-refractivity contribution < 1.29 is 0 Å². The lowest BCUT2D eigenvalue weighted by Crippen LogP contribution is -2.32. The first-order chi connectivity index (χ1) is 7.16. The Morgan fingerprint density at radius 1 is 1.27 bits per heavy atom. The zero-order chi connectivity index (χ0) is 10.8. The zero-order valence-electron chi connectivity index (χ0n) is 9.61. The number of anilines is 2. The van der Waals surface area contributed by atoms with Crippen LogP contribution in [-0.4, -0.2) is 12.6 Å². The lowest BCUT2D eigenvalue weighted by molar-refractivity contribution is 0.645. The van der Waals surface area contributed by atoms with E-state index in [4.69, 9.17) is 5.73 Å². The molecule has 0 unspecified atom stereocenters. The van der Waals surface area contributed by atoms with Crippen LogP contribution in [0.3, 0.4) is 0 Å². The molecule has 2 N–H and O–H groups in total. The molecular weight excluding hydrogens is 184 g/mol. The summed E-state index contributed by atoms with van der Waals surface area (Å²) in [5.74, 6) is 0.921. The summed E-state index contributed by atoms with van der Waals surface area (Å²) in [5, 5.41) is 0. The second kappa shape index (κ2) is 4.13. The molecule has 0 heterocycles. The van der Waals surface area contributed by atoms with E-state index in [2.05, 4.69) is 30.9 Å². The highest BCUT2D eigenvalue weighted by Crippen LogP contribution is 2.32. The van der Waals surface area contributed by atoms with Gasteiger partial charge in [0.15, 0.2) is 0 Å². The fourth-order valence-corrected chi connectivity index (χ4v) is 1.86. The van der Waals surface area contributed by atoms with Crippen LogP contribution in [0.2, 0.25) is 0 Å². The normalized spacial score (nSPS) is 15.7. The van der Waals surface area contributed by atoms with Crippen molar-refractivity contribution >= 4 is 11.4 Å². The highest BCUT2D eigenvalue weighted by Gasteiger charge is 2.25. The molecular formula is C13H20N2. The van der Waals surface area contributed by atoms with E-state index in [-0.39, 0.29) is 0 Å². The van der Waals surface area contributed by atoms with Crippen molar-refractivity contribution in [3.63, 3.8) is 0 Å². The van der Waals surface area contributed by atoms with Gasteiger partial charge in [0, 0.05) is 24.0 Å². The van der Waals surface area contributed by atoms with Crippen molar-refractivity contribution in [1.82, 2.24) is 0 Å². The predicted octanol–water partition coefficient (Wildman–Crippen LogP) is 2.89. The topological polar surface area (TPSA) is 29.3 Å². The molecule has 0 aliphatic heterocycles. The molecule has 1 fully saturated rings. The van der Waals surface area contributed by atoms with Gasteiger partial charge >= 0.3 is 0 Å². The van der Waals surface area contributed by atoms with E-state index >= 15 is 0 Å². The molecule has 2 heteroatoms. The van der Waals surface area contributed by atoms with Crippen LogP contribution < -0.4 is 10.6 Å². The minimum Gasteiger partial charge on any atom is -0.399 e. The minimum absolute atomic E-state index is 0.564. The Bertz CT molecular complexity index is 312. The first-order valence-electron chi connectivity index (χ1n) is 5.79. The van der Waals surface area contributed by atoms with E-state index in [1.165, 1.54) is 25.1 Å². The van der Waals surface area contributed by atoms with Crippen LogP contribution in [0.15, 0.2) is 24.3 Å². The van der Waals surface area contributed by atoms with Crippen LogP contribution in [0.4, 0.5) is 11.4 Å². The number of rotatable bonds is 4. The van der Waals surface area contributed by atoms with Gasteiger partial charge in [-0.15, -0.1) is 0 Å². The molecule has 0 bridgehead atoms. The van der Waals surface area contributed by atoms with E-state index in [0.29, 0.717) is 6.04 Å². The molecule has 82 valence electrons. The molecule has 1 aromatic rings. The van der Waals surface area contributed by atoms with Gasteiger partial charge in [0.25, 0.3) is 0 Å². The molecule has 15 heavy (non-hydrogen) atoms. The number of nitrogen functional groups attached to an aromatic ring is 1. The summed E-state index contributed by atoms with van der Waals surface area (Å²) in [7, 11) is 0. The molecule has 1 aromatic carbocycles. The van der Waals surface area contributed by atoms with Gasteiger partial charge in [-0.25, -0.2) is 0 Å². The maximum Gasteiger partial charge on any atom is 0.0370 e. The van der Waals surface area contributed by atoms with Crippen LogP contribution >= 0.6 is 0 Å². The van der Waals surface area contributed by atoms with Crippen LogP contribution in [-0.2, 0) is 0 Å². The molecule has 0 saturated heterocycles. The van der Waals surface area contributed by atoms with E-state index < -0.39 is 0 Å². The second-order valence-electron chi connectivity index (χ2n) is 4.78. The van der Waals surface area contributed by atoms with E-state index in [1.807, 2.05) is 12.1 Å². The Hall–Kier alpha value is -1.18. The minimum atomic E-state index is 0.564. The van der Waals surface area contributed by atoms with Crippen LogP contribution in [0.25, 0.3) is 0 Å². The van der Waals surface area contributed by atoms with Crippen molar-refractivity contribution in [2.45, 2.75) is 32.7 Å². The second-order valence-corrected chi connectivity index (χ2v) is 4.78. The van der Waals surface area contributed by atoms with Crippen LogP contribution in [0.5, 0.6) is 0 Å². The van der Waals surface area contributed by atoms with Gasteiger partial charge in [0.1, 0.15) is 0 Å². The van der Waals surface area contributed by atoms with Gasteiger partial charge in [0.05, 0.1) is 0 Å². The average Bonchev–Trinajstić information content (AvgIpc) is 2.99. The number of nitrogens with two attached hydrogens (primary N) is 1. The Morgan fingerprint density at radius 2 is 1.87 bits per heavy atom.